The van der Waals surface area contributed by atoms with Gasteiger partial charge in [-0.05, 0) is 36.2 Å². The molecule has 90 valence electrons. The first kappa shape index (κ1) is 12.7. The van der Waals surface area contributed by atoms with Crippen molar-refractivity contribution in [2.75, 3.05) is 5.32 Å². The molecule has 3 heteroatoms. The number of hydrogen-bond donors (Lipinski definition) is 1. The minimum absolute atomic E-state index is 0.643. The molecule has 2 nitrogen and oxygen atoms in total. The van der Waals surface area contributed by atoms with Crippen molar-refractivity contribution in [3.63, 3.8) is 0 Å². The molecular weight excluding hydrogens is 288 g/mol. The summed E-state index contributed by atoms with van der Waals surface area (Å²) in [5.41, 5.74) is 3.76. The van der Waals surface area contributed by atoms with E-state index in [1.807, 2.05) is 30.3 Å². The Morgan fingerprint density at radius 2 is 1.94 bits per heavy atom. The number of rotatable bonds is 3. The van der Waals surface area contributed by atoms with E-state index in [4.69, 9.17) is 5.26 Å². The second-order valence-corrected chi connectivity index (χ2v) is 4.85. The Morgan fingerprint density at radius 1 is 1.17 bits per heavy atom. The molecule has 0 saturated carbocycles. The Morgan fingerprint density at radius 3 is 2.67 bits per heavy atom. The molecule has 1 N–H and O–H groups in total. The Balaban J connectivity index is 2.40. The third-order valence-corrected chi connectivity index (χ3v) is 3.26. The summed E-state index contributed by atoms with van der Waals surface area (Å²) >= 11 is 3.43. The van der Waals surface area contributed by atoms with Gasteiger partial charge in [0.15, 0.2) is 0 Å². The fraction of sp³-hybridized carbons (Fsp3) is 0.133. The van der Waals surface area contributed by atoms with E-state index < -0.39 is 0 Å². The Bertz CT molecular complexity index is 600. The maximum Gasteiger partial charge on any atom is 0.101 e. The number of halogens is 1. The van der Waals surface area contributed by atoms with Gasteiger partial charge in [0.25, 0.3) is 0 Å². The van der Waals surface area contributed by atoms with Crippen LogP contribution in [0.15, 0.2) is 46.9 Å². The number of nitrogens with one attached hydrogen (secondary N) is 1. The van der Waals surface area contributed by atoms with Crippen molar-refractivity contribution >= 4 is 27.3 Å². The van der Waals surface area contributed by atoms with Gasteiger partial charge < -0.3 is 5.32 Å². The average molecular weight is 301 g/mol. The monoisotopic (exact) mass is 300 g/mol. The van der Waals surface area contributed by atoms with E-state index in [1.54, 1.807) is 6.07 Å². The lowest BCUT2D eigenvalue weighted by Gasteiger charge is -2.12. The first-order valence-corrected chi connectivity index (χ1v) is 6.58. The van der Waals surface area contributed by atoms with Crippen LogP contribution in [0.4, 0.5) is 11.4 Å². The fourth-order valence-electron chi connectivity index (χ4n) is 1.81. The normalized spacial score (nSPS) is 9.83. The lowest BCUT2D eigenvalue weighted by molar-refractivity contribution is 1.14. The van der Waals surface area contributed by atoms with Crippen LogP contribution in [0, 0.1) is 11.3 Å². The summed E-state index contributed by atoms with van der Waals surface area (Å²) in [7, 11) is 0. The lowest BCUT2D eigenvalue weighted by atomic mass is 10.1. The van der Waals surface area contributed by atoms with Gasteiger partial charge in [-0.25, -0.2) is 0 Å². The summed E-state index contributed by atoms with van der Waals surface area (Å²) in [6, 6.07) is 15.9. The van der Waals surface area contributed by atoms with Gasteiger partial charge in [0, 0.05) is 10.2 Å². The first-order chi connectivity index (χ1) is 8.74. The van der Waals surface area contributed by atoms with Crippen molar-refractivity contribution in [1.82, 2.24) is 0 Å². The summed E-state index contributed by atoms with van der Waals surface area (Å²) in [4.78, 5) is 0. The zero-order valence-electron chi connectivity index (χ0n) is 10.1. The highest BCUT2D eigenvalue weighted by Crippen LogP contribution is 2.26. The molecule has 0 amide bonds. The zero-order chi connectivity index (χ0) is 13.0. The van der Waals surface area contributed by atoms with Crippen LogP contribution < -0.4 is 5.32 Å². The lowest BCUT2D eigenvalue weighted by Crippen LogP contribution is -1.97. The first-order valence-electron chi connectivity index (χ1n) is 5.79. The molecule has 0 aromatic heterocycles. The van der Waals surface area contributed by atoms with E-state index in [0.29, 0.717) is 5.56 Å². The van der Waals surface area contributed by atoms with Crippen LogP contribution in [0.3, 0.4) is 0 Å². The summed E-state index contributed by atoms with van der Waals surface area (Å²) in [6.07, 6.45) is 0.957. The average Bonchev–Trinajstić information content (AvgIpc) is 2.40. The van der Waals surface area contributed by atoms with Gasteiger partial charge in [0.2, 0.25) is 0 Å². The number of aryl methyl sites for hydroxylation is 1. The van der Waals surface area contributed by atoms with Crippen molar-refractivity contribution in [1.29, 1.82) is 5.26 Å². The van der Waals surface area contributed by atoms with Gasteiger partial charge in [-0.2, -0.15) is 5.26 Å². The predicted octanol–water partition coefficient (Wildman–Crippen LogP) is 4.63. The van der Waals surface area contributed by atoms with Crippen LogP contribution in [0.2, 0.25) is 0 Å². The molecule has 0 atom stereocenters. The third-order valence-electron chi connectivity index (χ3n) is 2.77. The van der Waals surface area contributed by atoms with Crippen LogP contribution in [-0.2, 0) is 6.42 Å². The van der Waals surface area contributed by atoms with Crippen molar-refractivity contribution < 1.29 is 0 Å². The highest BCUT2D eigenvalue weighted by atomic mass is 79.9. The van der Waals surface area contributed by atoms with Crippen LogP contribution in [0.1, 0.15) is 18.1 Å². The molecule has 0 saturated heterocycles. The van der Waals surface area contributed by atoms with E-state index in [-0.39, 0.29) is 0 Å². The second kappa shape index (κ2) is 5.70. The number of hydrogen-bond acceptors (Lipinski definition) is 2. The largest absolute Gasteiger partial charge is 0.354 e. The summed E-state index contributed by atoms with van der Waals surface area (Å²) in [6.45, 7) is 2.12. The number of benzene rings is 2. The molecule has 0 radical (unpaired) electrons. The van der Waals surface area contributed by atoms with Gasteiger partial charge in [-0.15, -0.1) is 0 Å². The van der Waals surface area contributed by atoms with Crippen molar-refractivity contribution in [2.45, 2.75) is 13.3 Å². The van der Waals surface area contributed by atoms with E-state index in [1.165, 1.54) is 5.56 Å². The van der Waals surface area contributed by atoms with Gasteiger partial charge >= 0.3 is 0 Å². The van der Waals surface area contributed by atoms with Crippen LogP contribution in [-0.4, -0.2) is 0 Å². The molecular formula is C15H13BrN2. The Hall–Kier alpha value is -1.79. The van der Waals surface area contributed by atoms with E-state index in [9.17, 15) is 0 Å². The molecule has 0 fully saturated rings. The molecule has 0 spiro atoms. The van der Waals surface area contributed by atoms with Crippen molar-refractivity contribution in [2.24, 2.45) is 0 Å². The van der Waals surface area contributed by atoms with Gasteiger partial charge in [0.05, 0.1) is 11.3 Å². The SMILES string of the molecule is CCc1ccccc1Nc1cc(Br)ccc1C#N. The summed E-state index contributed by atoms with van der Waals surface area (Å²) < 4.78 is 0.956. The second-order valence-electron chi connectivity index (χ2n) is 3.94. The van der Waals surface area contributed by atoms with Gasteiger partial charge in [-0.3, -0.25) is 0 Å². The molecule has 2 rings (SSSR count). The molecule has 18 heavy (non-hydrogen) atoms. The highest BCUT2D eigenvalue weighted by molar-refractivity contribution is 9.10. The minimum atomic E-state index is 0.643. The number of anilines is 2. The molecule has 0 unspecified atom stereocenters. The van der Waals surface area contributed by atoms with Crippen molar-refractivity contribution in [3.05, 3.63) is 58.1 Å². The molecule has 2 aromatic rings. The quantitative estimate of drug-likeness (QED) is 0.897. The summed E-state index contributed by atoms with van der Waals surface area (Å²) in [5, 5.41) is 12.4. The Labute approximate surface area is 115 Å². The third kappa shape index (κ3) is 2.72. The number of para-hydroxylation sites is 1. The highest BCUT2D eigenvalue weighted by Gasteiger charge is 2.05. The number of nitrogens with zero attached hydrogens (tertiary/aromatic N) is 1. The standard InChI is InChI=1S/C15H13BrN2/c1-2-11-5-3-4-6-14(11)18-15-9-13(16)8-7-12(15)10-17/h3-9,18H,2H2,1H3. The van der Waals surface area contributed by atoms with E-state index in [0.717, 1.165) is 22.3 Å². The zero-order valence-corrected chi connectivity index (χ0v) is 11.7. The van der Waals surface area contributed by atoms with Crippen LogP contribution >= 0.6 is 15.9 Å². The molecule has 0 aliphatic carbocycles. The molecule has 2 aromatic carbocycles. The smallest absolute Gasteiger partial charge is 0.101 e. The maximum absolute atomic E-state index is 9.11. The molecule has 0 bridgehead atoms. The number of nitriles is 1. The van der Waals surface area contributed by atoms with Gasteiger partial charge in [-0.1, -0.05) is 41.1 Å². The topological polar surface area (TPSA) is 35.8 Å². The van der Waals surface area contributed by atoms with Gasteiger partial charge in [0.1, 0.15) is 6.07 Å². The fourth-order valence-corrected chi connectivity index (χ4v) is 2.17. The minimum Gasteiger partial charge on any atom is -0.354 e. The molecule has 0 aliphatic rings. The van der Waals surface area contributed by atoms with Crippen LogP contribution in [0.25, 0.3) is 0 Å². The summed E-state index contributed by atoms with van der Waals surface area (Å²) in [5.74, 6) is 0. The van der Waals surface area contributed by atoms with Crippen molar-refractivity contribution in [3.8, 4) is 6.07 Å². The predicted molar refractivity (Wildman–Crippen MR) is 78.0 cm³/mol. The molecule has 0 aliphatic heterocycles. The Kier molecular flexibility index (Phi) is 4.01. The maximum atomic E-state index is 9.11. The van der Waals surface area contributed by atoms with Crippen LogP contribution in [0.5, 0.6) is 0 Å². The molecule has 0 heterocycles. The van der Waals surface area contributed by atoms with E-state index in [2.05, 4.69) is 40.3 Å². The van der Waals surface area contributed by atoms with E-state index >= 15 is 0 Å².